The molecule has 2 aliphatic heterocycles. The molecule has 2 nitrogen and oxygen atoms in total. The molecule has 2 bridgehead atoms. The largest absolute Gasteiger partial charge is 0.315 e. The Morgan fingerprint density at radius 2 is 1.38 bits per heavy atom. The minimum absolute atomic E-state index is 0.112. The maximum Gasteiger partial charge on any atom is 0.0440 e. The molecule has 2 saturated heterocycles. The van der Waals surface area contributed by atoms with Gasteiger partial charge in [-0.05, 0) is 74.5 Å². The number of fused-ring (bicyclic) bond motifs is 4. The summed E-state index contributed by atoms with van der Waals surface area (Å²) in [5.41, 5.74) is 2.68. The molecule has 0 aromatic heterocycles. The van der Waals surface area contributed by atoms with E-state index in [2.05, 4.69) is 48.6 Å². The first-order chi connectivity index (χ1) is 12.5. The zero-order valence-electron chi connectivity index (χ0n) is 15.4. The van der Waals surface area contributed by atoms with Crippen LogP contribution in [0.2, 0.25) is 10.0 Å². The van der Waals surface area contributed by atoms with Crippen LogP contribution in [0, 0.1) is 5.92 Å². The quantitative estimate of drug-likeness (QED) is 0.779. The standard InChI is InChI=1S/C22H26Cl2N2/c1-26(2)22-11-17(15-7-3-5-9-20(15)23)19(13-25-14-22)18(12-22)16-8-4-6-10-21(16)24/h3-10,17-19,25H,11-14H2,1-2H3. The summed E-state index contributed by atoms with van der Waals surface area (Å²) in [5, 5.41) is 5.51. The highest BCUT2D eigenvalue weighted by Crippen LogP contribution is 2.54. The molecule has 2 aromatic rings. The van der Waals surface area contributed by atoms with Crippen LogP contribution in [-0.4, -0.2) is 37.6 Å². The van der Waals surface area contributed by atoms with Gasteiger partial charge in [0, 0.05) is 22.1 Å². The highest BCUT2D eigenvalue weighted by molar-refractivity contribution is 6.31. The maximum absolute atomic E-state index is 6.64. The molecule has 2 heterocycles. The van der Waals surface area contributed by atoms with Gasteiger partial charge in [0.2, 0.25) is 0 Å². The van der Waals surface area contributed by atoms with Crippen LogP contribution >= 0.6 is 23.2 Å². The summed E-state index contributed by atoms with van der Waals surface area (Å²) in [5.74, 6) is 1.35. The minimum atomic E-state index is 0.112. The Hall–Kier alpha value is -1.06. The van der Waals surface area contributed by atoms with Gasteiger partial charge < -0.3 is 10.2 Å². The van der Waals surface area contributed by atoms with Crippen LogP contribution in [0.4, 0.5) is 0 Å². The van der Waals surface area contributed by atoms with E-state index >= 15 is 0 Å². The predicted octanol–water partition coefficient (Wildman–Crippen LogP) is 5.17. The Bertz CT molecular complexity index is 734. The number of benzene rings is 2. The summed E-state index contributed by atoms with van der Waals surface area (Å²) in [4.78, 5) is 2.41. The Labute approximate surface area is 166 Å². The first kappa shape index (κ1) is 18.3. The normalized spacial score (nSPS) is 31.2. The molecule has 0 amide bonds. The van der Waals surface area contributed by atoms with Gasteiger partial charge in [0.15, 0.2) is 0 Å². The van der Waals surface area contributed by atoms with Crippen molar-refractivity contribution in [1.82, 2.24) is 10.2 Å². The number of nitrogens with zero attached hydrogens (tertiary/aromatic N) is 1. The van der Waals surface area contributed by atoms with Crippen molar-refractivity contribution in [3.8, 4) is 0 Å². The Kier molecular flexibility index (Phi) is 5.04. The fourth-order valence-electron chi connectivity index (χ4n) is 5.14. The predicted molar refractivity (Wildman–Crippen MR) is 110 cm³/mol. The van der Waals surface area contributed by atoms with Gasteiger partial charge in [-0.3, -0.25) is 0 Å². The number of hydrogen-bond acceptors (Lipinski definition) is 2. The molecule has 0 spiro atoms. The van der Waals surface area contributed by atoms with Gasteiger partial charge >= 0.3 is 0 Å². The van der Waals surface area contributed by atoms with Crippen molar-refractivity contribution in [3.63, 3.8) is 0 Å². The highest BCUT2D eigenvalue weighted by atomic mass is 35.5. The molecule has 4 heteroatoms. The van der Waals surface area contributed by atoms with E-state index in [9.17, 15) is 0 Å². The zero-order chi connectivity index (χ0) is 18.3. The van der Waals surface area contributed by atoms with Crippen molar-refractivity contribution < 1.29 is 0 Å². The topological polar surface area (TPSA) is 15.3 Å². The smallest absolute Gasteiger partial charge is 0.0440 e. The molecule has 1 N–H and O–H groups in total. The Morgan fingerprint density at radius 3 is 1.85 bits per heavy atom. The molecule has 26 heavy (non-hydrogen) atoms. The zero-order valence-corrected chi connectivity index (χ0v) is 16.9. The molecule has 5 rings (SSSR count). The van der Waals surface area contributed by atoms with Crippen LogP contribution < -0.4 is 5.32 Å². The van der Waals surface area contributed by atoms with Crippen LogP contribution in [-0.2, 0) is 0 Å². The first-order valence-corrected chi connectivity index (χ1v) is 10.1. The Morgan fingerprint density at radius 1 is 0.885 bits per heavy atom. The lowest BCUT2D eigenvalue weighted by molar-refractivity contribution is 0.0769. The molecule has 2 unspecified atom stereocenters. The van der Waals surface area contributed by atoms with E-state index in [4.69, 9.17) is 23.2 Å². The van der Waals surface area contributed by atoms with E-state index < -0.39 is 0 Å². The van der Waals surface area contributed by atoms with Gasteiger partial charge in [0.1, 0.15) is 0 Å². The van der Waals surface area contributed by atoms with Crippen molar-refractivity contribution >= 4 is 23.2 Å². The lowest BCUT2D eigenvalue weighted by Gasteiger charge is -2.49. The van der Waals surface area contributed by atoms with Crippen molar-refractivity contribution in [3.05, 3.63) is 69.7 Å². The average molecular weight is 389 g/mol. The van der Waals surface area contributed by atoms with E-state index in [1.165, 1.54) is 11.1 Å². The van der Waals surface area contributed by atoms with Gasteiger partial charge in [-0.2, -0.15) is 0 Å². The van der Waals surface area contributed by atoms with E-state index in [0.29, 0.717) is 17.8 Å². The minimum Gasteiger partial charge on any atom is -0.315 e. The van der Waals surface area contributed by atoms with Crippen molar-refractivity contribution in [1.29, 1.82) is 0 Å². The van der Waals surface area contributed by atoms with Crippen LogP contribution in [0.3, 0.4) is 0 Å². The summed E-state index contributed by atoms with van der Waals surface area (Å²) in [6.07, 6.45) is 2.25. The van der Waals surface area contributed by atoms with Crippen molar-refractivity contribution in [2.45, 2.75) is 30.2 Å². The first-order valence-electron chi connectivity index (χ1n) is 9.39. The van der Waals surface area contributed by atoms with Crippen molar-refractivity contribution in [2.75, 3.05) is 27.2 Å². The van der Waals surface area contributed by atoms with Crippen LogP contribution in [0.1, 0.15) is 35.8 Å². The van der Waals surface area contributed by atoms with Gasteiger partial charge in [-0.25, -0.2) is 0 Å². The lowest BCUT2D eigenvalue weighted by atomic mass is 9.61. The molecular formula is C22H26Cl2N2. The number of nitrogens with one attached hydrogen (secondary N) is 1. The molecule has 2 atom stereocenters. The number of likely N-dealkylation sites (N-methyl/N-ethyl adjacent to an activating group) is 1. The van der Waals surface area contributed by atoms with E-state index in [0.717, 1.165) is 36.0 Å². The summed E-state index contributed by atoms with van der Waals surface area (Å²) in [6, 6.07) is 16.7. The third kappa shape index (κ3) is 3.07. The molecule has 1 saturated carbocycles. The summed E-state index contributed by atoms with van der Waals surface area (Å²) >= 11 is 13.3. The second-order valence-corrected chi connectivity index (χ2v) is 8.89. The summed E-state index contributed by atoms with van der Waals surface area (Å²) in [7, 11) is 4.42. The number of halogens is 2. The molecule has 1 aliphatic carbocycles. The monoisotopic (exact) mass is 388 g/mol. The second-order valence-electron chi connectivity index (χ2n) is 8.08. The molecule has 138 valence electrons. The third-order valence-electron chi connectivity index (χ3n) is 6.63. The molecule has 3 fully saturated rings. The van der Waals surface area contributed by atoms with E-state index in [-0.39, 0.29) is 5.54 Å². The van der Waals surface area contributed by atoms with Crippen LogP contribution in [0.25, 0.3) is 0 Å². The van der Waals surface area contributed by atoms with Crippen molar-refractivity contribution in [2.24, 2.45) is 5.92 Å². The lowest BCUT2D eigenvalue weighted by Crippen LogP contribution is -2.53. The van der Waals surface area contributed by atoms with E-state index in [1.807, 2.05) is 24.3 Å². The number of rotatable bonds is 3. The third-order valence-corrected chi connectivity index (χ3v) is 7.31. The SMILES string of the molecule is CN(C)C12CNCC(C(c3ccccc3Cl)C1)C(c1ccccc1Cl)C2. The fourth-order valence-corrected chi connectivity index (χ4v) is 5.69. The molecule has 2 aromatic carbocycles. The van der Waals surface area contributed by atoms with Gasteiger partial charge in [0.05, 0.1) is 0 Å². The second kappa shape index (κ2) is 7.16. The molecule has 0 radical (unpaired) electrons. The number of hydrogen-bond donors (Lipinski definition) is 1. The van der Waals surface area contributed by atoms with E-state index in [1.54, 1.807) is 0 Å². The fraction of sp³-hybridized carbons (Fsp3) is 0.455. The highest BCUT2D eigenvalue weighted by Gasteiger charge is 2.50. The summed E-state index contributed by atoms with van der Waals surface area (Å²) < 4.78 is 0. The molecule has 3 aliphatic rings. The average Bonchev–Trinajstić information content (AvgIpc) is 2.94. The maximum atomic E-state index is 6.64. The Balaban J connectivity index is 1.84. The van der Waals surface area contributed by atoms with Gasteiger partial charge in [-0.15, -0.1) is 0 Å². The van der Waals surface area contributed by atoms with Gasteiger partial charge in [0.25, 0.3) is 0 Å². The summed E-state index contributed by atoms with van der Waals surface area (Å²) in [6.45, 7) is 2.01. The van der Waals surface area contributed by atoms with Crippen LogP contribution in [0.5, 0.6) is 0 Å². The van der Waals surface area contributed by atoms with Gasteiger partial charge in [-0.1, -0.05) is 59.6 Å². The van der Waals surface area contributed by atoms with Crippen LogP contribution in [0.15, 0.2) is 48.5 Å². The molecular weight excluding hydrogens is 363 g/mol.